The highest BCUT2D eigenvalue weighted by Gasteiger charge is 2.18. The molecule has 21 heavy (non-hydrogen) atoms. The first kappa shape index (κ1) is 14.0. The smallest absolute Gasteiger partial charge is 0.261 e. The summed E-state index contributed by atoms with van der Waals surface area (Å²) in [6.45, 7) is 2.00. The van der Waals surface area contributed by atoms with Crippen LogP contribution in [0.1, 0.15) is 34.8 Å². The summed E-state index contributed by atoms with van der Waals surface area (Å²) in [4.78, 5) is 21.4. The average Bonchev–Trinajstić information content (AvgIpc) is 3.10. The minimum Gasteiger partial charge on any atom is -0.343 e. The van der Waals surface area contributed by atoms with Crippen LogP contribution in [-0.2, 0) is 0 Å². The third-order valence-corrected chi connectivity index (χ3v) is 4.35. The molecule has 5 nitrogen and oxygen atoms in total. The number of amides is 1. The number of halogens is 1. The zero-order valence-corrected chi connectivity index (χ0v) is 12.9. The van der Waals surface area contributed by atoms with Crippen LogP contribution in [0.4, 0.5) is 0 Å². The van der Waals surface area contributed by atoms with E-state index in [1.54, 1.807) is 18.3 Å². The van der Waals surface area contributed by atoms with Gasteiger partial charge in [0.2, 0.25) is 5.78 Å². The van der Waals surface area contributed by atoms with Gasteiger partial charge < -0.3 is 5.32 Å². The summed E-state index contributed by atoms with van der Waals surface area (Å²) >= 11 is 7.12. The monoisotopic (exact) mass is 320 g/mol. The summed E-state index contributed by atoms with van der Waals surface area (Å²) in [5.41, 5.74) is 0.798. The van der Waals surface area contributed by atoms with E-state index in [4.69, 9.17) is 11.6 Å². The first-order valence-corrected chi connectivity index (χ1v) is 7.72. The van der Waals surface area contributed by atoms with Crippen molar-refractivity contribution in [2.45, 2.75) is 19.4 Å². The zero-order chi connectivity index (χ0) is 14.8. The van der Waals surface area contributed by atoms with Gasteiger partial charge in [0, 0.05) is 18.6 Å². The van der Waals surface area contributed by atoms with Gasteiger partial charge in [0.1, 0.15) is 0 Å². The van der Waals surface area contributed by atoms with Gasteiger partial charge in [0.25, 0.3) is 5.91 Å². The lowest BCUT2D eigenvalue weighted by atomic mass is 10.1. The van der Waals surface area contributed by atoms with Crippen molar-refractivity contribution in [1.29, 1.82) is 0 Å². The third kappa shape index (κ3) is 2.91. The molecule has 0 radical (unpaired) electrons. The standard InChI is InChI=1S/C14H13ClN4OS/c1-2-9(17-13(20)11-4-5-12(15)21-11)10-8-19-7-3-6-16-14(19)18-10/h3-9H,2H2,1H3,(H,17,20). The van der Waals surface area contributed by atoms with Gasteiger partial charge in [-0.05, 0) is 24.6 Å². The molecule has 108 valence electrons. The van der Waals surface area contributed by atoms with E-state index in [0.29, 0.717) is 15.0 Å². The number of hydrogen-bond acceptors (Lipinski definition) is 4. The number of hydrogen-bond donors (Lipinski definition) is 1. The zero-order valence-electron chi connectivity index (χ0n) is 11.3. The molecule has 0 aromatic carbocycles. The summed E-state index contributed by atoms with van der Waals surface area (Å²) in [6.07, 6.45) is 6.21. The predicted molar refractivity (Wildman–Crippen MR) is 82.8 cm³/mol. The molecule has 0 saturated heterocycles. The lowest BCUT2D eigenvalue weighted by Crippen LogP contribution is -2.27. The molecule has 1 amide bonds. The fourth-order valence-electron chi connectivity index (χ4n) is 2.07. The lowest BCUT2D eigenvalue weighted by Gasteiger charge is -2.13. The second-order valence-corrected chi connectivity index (χ2v) is 6.25. The Hall–Kier alpha value is -1.92. The van der Waals surface area contributed by atoms with Crippen molar-refractivity contribution in [3.05, 3.63) is 51.7 Å². The largest absolute Gasteiger partial charge is 0.343 e. The van der Waals surface area contributed by atoms with Crippen LogP contribution >= 0.6 is 22.9 Å². The van der Waals surface area contributed by atoms with E-state index < -0.39 is 0 Å². The van der Waals surface area contributed by atoms with Crippen LogP contribution in [0.25, 0.3) is 5.78 Å². The minimum absolute atomic E-state index is 0.135. The molecule has 0 saturated carbocycles. The highest BCUT2D eigenvalue weighted by atomic mass is 35.5. The first-order chi connectivity index (χ1) is 10.2. The van der Waals surface area contributed by atoms with E-state index >= 15 is 0 Å². The Labute approximate surface area is 130 Å². The maximum atomic E-state index is 12.2. The molecule has 0 aliphatic heterocycles. The van der Waals surface area contributed by atoms with Gasteiger partial charge >= 0.3 is 0 Å². The van der Waals surface area contributed by atoms with Gasteiger partial charge in [-0.3, -0.25) is 9.20 Å². The third-order valence-electron chi connectivity index (χ3n) is 3.12. The van der Waals surface area contributed by atoms with Crippen molar-refractivity contribution >= 4 is 34.6 Å². The van der Waals surface area contributed by atoms with Gasteiger partial charge in [0.15, 0.2) is 0 Å². The molecule has 0 aliphatic carbocycles. The number of thiophene rings is 1. The number of imidazole rings is 1. The fourth-order valence-corrected chi connectivity index (χ4v) is 3.01. The van der Waals surface area contributed by atoms with E-state index in [2.05, 4.69) is 15.3 Å². The summed E-state index contributed by atoms with van der Waals surface area (Å²) < 4.78 is 2.44. The molecular formula is C14H13ClN4OS. The average molecular weight is 321 g/mol. The van der Waals surface area contributed by atoms with Crippen molar-refractivity contribution in [3.8, 4) is 0 Å². The highest BCUT2D eigenvalue weighted by molar-refractivity contribution is 7.17. The summed E-state index contributed by atoms with van der Waals surface area (Å²) in [5.74, 6) is 0.489. The summed E-state index contributed by atoms with van der Waals surface area (Å²) in [5, 5.41) is 2.98. The normalized spacial score (nSPS) is 12.5. The molecule has 0 bridgehead atoms. The number of fused-ring (bicyclic) bond motifs is 1. The maximum Gasteiger partial charge on any atom is 0.261 e. The van der Waals surface area contributed by atoms with Crippen molar-refractivity contribution in [1.82, 2.24) is 19.7 Å². The molecule has 0 spiro atoms. The molecule has 1 atom stereocenters. The summed E-state index contributed by atoms with van der Waals surface area (Å²) in [6, 6.07) is 5.13. The SMILES string of the molecule is CCC(NC(=O)c1ccc(Cl)s1)c1cn2cccnc2n1. The van der Waals surface area contributed by atoms with Crippen molar-refractivity contribution < 1.29 is 4.79 Å². The quantitative estimate of drug-likeness (QED) is 0.802. The Kier molecular flexibility index (Phi) is 3.90. The Morgan fingerprint density at radius 3 is 3.05 bits per heavy atom. The molecule has 3 aromatic heterocycles. The van der Waals surface area contributed by atoms with E-state index in [9.17, 15) is 4.79 Å². The Bertz CT molecular complexity index is 749. The summed E-state index contributed by atoms with van der Waals surface area (Å²) in [7, 11) is 0. The second kappa shape index (κ2) is 5.83. The van der Waals surface area contributed by atoms with Crippen LogP contribution in [0.5, 0.6) is 0 Å². The number of carbonyl (C=O) groups is 1. The van der Waals surface area contributed by atoms with Crippen LogP contribution in [0, 0.1) is 0 Å². The molecule has 3 rings (SSSR count). The fraction of sp³-hybridized carbons (Fsp3) is 0.214. The Morgan fingerprint density at radius 1 is 1.52 bits per heavy atom. The van der Waals surface area contributed by atoms with Gasteiger partial charge in [0.05, 0.1) is 20.9 Å². The van der Waals surface area contributed by atoms with Crippen molar-refractivity contribution in [3.63, 3.8) is 0 Å². The van der Waals surface area contributed by atoms with E-state index in [-0.39, 0.29) is 11.9 Å². The van der Waals surface area contributed by atoms with E-state index in [0.717, 1.165) is 12.1 Å². The van der Waals surface area contributed by atoms with Gasteiger partial charge in [-0.2, -0.15) is 0 Å². The molecule has 1 unspecified atom stereocenters. The Morgan fingerprint density at radius 2 is 2.38 bits per heavy atom. The number of aromatic nitrogens is 3. The van der Waals surface area contributed by atoms with Gasteiger partial charge in [-0.1, -0.05) is 18.5 Å². The van der Waals surface area contributed by atoms with Gasteiger partial charge in [-0.15, -0.1) is 11.3 Å². The van der Waals surface area contributed by atoms with Crippen molar-refractivity contribution in [2.75, 3.05) is 0 Å². The highest BCUT2D eigenvalue weighted by Crippen LogP contribution is 2.23. The number of nitrogens with zero attached hydrogens (tertiary/aromatic N) is 3. The number of carbonyl (C=O) groups excluding carboxylic acids is 1. The van der Waals surface area contributed by atoms with E-state index in [1.807, 2.05) is 29.8 Å². The maximum absolute atomic E-state index is 12.2. The predicted octanol–water partition coefficient (Wildman–Crippen LogP) is 3.33. The first-order valence-electron chi connectivity index (χ1n) is 6.53. The Balaban J connectivity index is 1.83. The van der Waals surface area contributed by atoms with Crippen LogP contribution in [0.15, 0.2) is 36.8 Å². The van der Waals surface area contributed by atoms with Gasteiger partial charge in [-0.25, -0.2) is 9.97 Å². The van der Waals surface area contributed by atoms with E-state index in [1.165, 1.54) is 11.3 Å². The van der Waals surface area contributed by atoms with Crippen molar-refractivity contribution in [2.24, 2.45) is 0 Å². The molecule has 7 heteroatoms. The van der Waals surface area contributed by atoms with Crippen LogP contribution < -0.4 is 5.32 Å². The molecular weight excluding hydrogens is 308 g/mol. The molecule has 3 aromatic rings. The lowest BCUT2D eigenvalue weighted by molar-refractivity contribution is 0.0939. The second-order valence-electron chi connectivity index (χ2n) is 4.53. The number of nitrogens with one attached hydrogen (secondary N) is 1. The number of rotatable bonds is 4. The topological polar surface area (TPSA) is 59.3 Å². The van der Waals surface area contributed by atoms with Crippen LogP contribution in [-0.4, -0.2) is 20.3 Å². The minimum atomic E-state index is -0.153. The van der Waals surface area contributed by atoms with Crippen LogP contribution in [0.2, 0.25) is 4.34 Å². The molecule has 3 heterocycles. The van der Waals surface area contributed by atoms with Crippen LogP contribution in [0.3, 0.4) is 0 Å². The molecule has 0 fully saturated rings. The molecule has 1 N–H and O–H groups in total. The molecule has 0 aliphatic rings.